The molecule has 0 atom stereocenters. The van der Waals surface area contributed by atoms with Gasteiger partial charge in [0, 0.05) is 11.3 Å². The molecule has 0 heterocycles. The predicted octanol–water partition coefficient (Wildman–Crippen LogP) is 5.14. The van der Waals surface area contributed by atoms with Crippen molar-refractivity contribution < 1.29 is 4.39 Å². The highest BCUT2D eigenvalue weighted by atomic mass is 19.1. The number of benzene rings is 1. The third-order valence-corrected chi connectivity index (χ3v) is 2.88. The average molecular weight is 233 g/mol. The Kier molecular flexibility index (Phi) is 4.62. The predicted molar refractivity (Wildman–Crippen MR) is 73.4 cm³/mol. The molecule has 0 aliphatic carbocycles. The first kappa shape index (κ1) is 13.6. The Labute approximate surface area is 103 Å². The summed E-state index contributed by atoms with van der Waals surface area (Å²) in [6, 6.07) is 4.76. The van der Waals surface area contributed by atoms with E-state index in [1.54, 1.807) is 12.1 Å². The fourth-order valence-electron chi connectivity index (χ4n) is 1.64. The molecule has 0 unspecified atom stereocenters. The summed E-state index contributed by atoms with van der Waals surface area (Å²) in [5.74, 6) is -0.212. The molecule has 0 radical (unpaired) electrons. The number of halogens is 1. The molecule has 2 heteroatoms. The van der Waals surface area contributed by atoms with Gasteiger partial charge in [-0.1, -0.05) is 12.5 Å². The minimum absolute atomic E-state index is 0.212. The Morgan fingerprint density at radius 1 is 1.18 bits per heavy atom. The number of aliphatic imine (C=N–C) groups is 1. The molecule has 0 saturated carbocycles. The van der Waals surface area contributed by atoms with Gasteiger partial charge in [0.2, 0.25) is 0 Å². The lowest BCUT2D eigenvalue weighted by Crippen LogP contribution is -1.89. The van der Waals surface area contributed by atoms with Gasteiger partial charge in [-0.15, -0.1) is 0 Å². The second kappa shape index (κ2) is 5.76. The molecule has 0 fully saturated rings. The van der Waals surface area contributed by atoms with Crippen LogP contribution in [0.15, 0.2) is 28.8 Å². The van der Waals surface area contributed by atoms with Crippen LogP contribution in [0.2, 0.25) is 0 Å². The molecule has 0 aliphatic heterocycles. The summed E-state index contributed by atoms with van der Waals surface area (Å²) < 4.78 is 13.3. The van der Waals surface area contributed by atoms with Gasteiger partial charge in [-0.05, 0) is 57.9 Å². The standard InChI is InChI=1S/C15H20FN/c1-6-11(4)12(5)14-9-13(16)7-8-15(14)17-10(2)3/h7-9H,6H2,1-5H3/b12-11-. The molecule has 0 saturated heterocycles. The highest BCUT2D eigenvalue weighted by Gasteiger charge is 2.07. The van der Waals surface area contributed by atoms with E-state index < -0.39 is 0 Å². The van der Waals surface area contributed by atoms with E-state index in [4.69, 9.17) is 0 Å². The minimum atomic E-state index is -0.212. The highest BCUT2D eigenvalue weighted by molar-refractivity contribution is 5.85. The van der Waals surface area contributed by atoms with Crippen LogP contribution in [0.1, 0.15) is 46.6 Å². The molecule has 0 N–H and O–H groups in total. The molecule has 1 nitrogen and oxygen atoms in total. The van der Waals surface area contributed by atoms with Gasteiger partial charge >= 0.3 is 0 Å². The summed E-state index contributed by atoms with van der Waals surface area (Å²) >= 11 is 0. The maximum Gasteiger partial charge on any atom is 0.123 e. The van der Waals surface area contributed by atoms with Crippen molar-refractivity contribution in [2.45, 2.75) is 41.0 Å². The quantitative estimate of drug-likeness (QED) is 0.641. The Bertz CT molecular complexity index is 466. The van der Waals surface area contributed by atoms with Crippen molar-refractivity contribution in [2.24, 2.45) is 4.99 Å². The van der Waals surface area contributed by atoms with Gasteiger partial charge in [0.05, 0.1) is 5.69 Å². The van der Waals surface area contributed by atoms with E-state index in [2.05, 4.69) is 18.8 Å². The number of hydrogen-bond acceptors (Lipinski definition) is 1. The summed E-state index contributed by atoms with van der Waals surface area (Å²) in [6.07, 6.45) is 0.969. The topological polar surface area (TPSA) is 12.4 Å². The van der Waals surface area contributed by atoms with E-state index in [1.165, 1.54) is 11.6 Å². The van der Waals surface area contributed by atoms with Crippen molar-refractivity contribution in [3.05, 3.63) is 35.2 Å². The van der Waals surface area contributed by atoms with Crippen molar-refractivity contribution in [1.29, 1.82) is 0 Å². The Morgan fingerprint density at radius 3 is 2.35 bits per heavy atom. The van der Waals surface area contributed by atoms with Crippen molar-refractivity contribution in [1.82, 2.24) is 0 Å². The zero-order valence-corrected chi connectivity index (χ0v) is 11.3. The van der Waals surface area contributed by atoms with E-state index in [0.29, 0.717) is 0 Å². The van der Waals surface area contributed by atoms with Crippen LogP contribution in [0.25, 0.3) is 5.57 Å². The maximum absolute atomic E-state index is 13.3. The van der Waals surface area contributed by atoms with E-state index in [-0.39, 0.29) is 5.82 Å². The van der Waals surface area contributed by atoms with Crippen LogP contribution in [0.4, 0.5) is 10.1 Å². The fraction of sp³-hybridized carbons (Fsp3) is 0.400. The lowest BCUT2D eigenvalue weighted by Gasteiger charge is -2.10. The van der Waals surface area contributed by atoms with Crippen LogP contribution < -0.4 is 0 Å². The monoisotopic (exact) mass is 233 g/mol. The minimum Gasteiger partial charge on any atom is -0.258 e. The molecule has 17 heavy (non-hydrogen) atoms. The third kappa shape index (κ3) is 3.52. The van der Waals surface area contributed by atoms with Gasteiger partial charge < -0.3 is 0 Å². The highest BCUT2D eigenvalue weighted by Crippen LogP contribution is 2.30. The lowest BCUT2D eigenvalue weighted by atomic mass is 9.99. The fourth-order valence-corrected chi connectivity index (χ4v) is 1.64. The summed E-state index contributed by atoms with van der Waals surface area (Å²) in [6.45, 7) is 10.1. The van der Waals surface area contributed by atoms with Crippen molar-refractivity contribution in [3.8, 4) is 0 Å². The van der Waals surface area contributed by atoms with Crippen molar-refractivity contribution >= 4 is 17.0 Å². The van der Waals surface area contributed by atoms with Crippen molar-refractivity contribution in [3.63, 3.8) is 0 Å². The normalized spacial score (nSPS) is 12.1. The molecule has 1 rings (SSSR count). The largest absolute Gasteiger partial charge is 0.258 e. The molecule has 0 amide bonds. The molecular formula is C15H20FN. The first-order chi connectivity index (χ1) is 7.95. The maximum atomic E-state index is 13.3. The molecule has 0 spiro atoms. The Balaban J connectivity index is 3.40. The van der Waals surface area contributed by atoms with Gasteiger partial charge in [-0.2, -0.15) is 0 Å². The van der Waals surface area contributed by atoms with Gasteiger partial charge in [0.15, 0.2) is 0 Å². The van der Waals surface area contributed by atoms with Crippen molar-refractivity contribution in [2.75, 3.05) is 0 Å². The van der Waals surface area contributed by atoms with E-state index in [1.807, 2.05) is 20.8 Å². The van der Waals surface area contributed by atoms with Crippen LogP contribution in [0.5, 0.6) is 0 Å². The summed E-state index contributed by atoms with van der Waals surface area (Å²) in [5, 5.41) is 0. The van der Waals surface area contributed by atoms with Gasteiger partial charge in [0.25, 0.3) is 0 Å². The van der Waals surface area contributed by atoms with Gasteiger partial charge in [-0.3, -0.25) is 4.99 Å². The van der Waals surface area contributed by atoms with E-state index in [0.717, 1.165) is 29.0 Å². The van der Waals surface area contributed by atoms with E-state index in [9.17, 15) is 4.39 Å². The SMILES string of the molecule is CC/C(C)=C(/C)c1cc(F)ccc1N=C(C)C. The number of hydrogen-bond donors (Lipinski definition) is 0. The Morgan fingerprint density at radius 2 is 1.82 bits per heavy atom. The number of rotatable bonds is 3. The molecule has 0 bridgehead atoms. The second-order valence-electron chi connectivity index (χ2n) is 4.48. The van der Waals surface area contributed by atoms with Crippen LogP contribution in [0.3, 0.4) is 0 Å². The number of nitrogens with zero attached hydrogens (tertiary/aromatic N) is 1. The Hall–Kier alpha value is -1.44. The third-order valence-electron chi connectivity index (χ3n) is 2.88. The molecule has 0 aliphatic rings. The van der Waals surface area contributed by atoms with E-state index >= 15 is 0 Å². The molecular weight excluding hydrogens is 213 g/mol. The number of allylic oxidation sites excluding steroid dienone is 2. The van der Waals surface area contributed by atoms with Gasteiger partial charge in [0.1, 0.15) is 5.82 Å². The summed E-state index contributed by atoms with van der Waals surface area (Å²) in [4.78, 5) is 4.45. The molecule has 0 aromatic heterocycles. The summed E-state index contributed by atoms with van der Waals surface area (Å²) in [5.41, 5.74) is 5.09. The zero-order valence-electron chi connectivity index (χ0n) is 11.3. The smallest absolute Gasteiger partial charge is 0.123 e. The van der Waals surface area contributed by atoms with Crippen LogP contribution in [-0.4, -0.2) is 5.71 Å². The first-order valence-corrected chi connectivity index (χ1v) is 5.93. The second-order valence-corrected chi connectivity index (χ2v) is 4.48. The van der Waals surface area contributed by atoms with Crippen LogP contribution in [0, 0.1) is 5.82 Å². The van der Waals surface area contributed by atoms with Crippen LogP contribution >= 0.6 is 0 Å². The zero-order chi connectivity index (χ0) is 13.0. The molecule has 1 aromatic rings. The first-order valence-electron chi connectivity index (χ1n) is 5.93. The van der Waals surface area contributed by atoms with Crippen LogP contribution in [-0.2, 0) is 0 Å². The molecule has 92 valence electrons. The molecule has 1 aromatic carbocycles. The van der Waals surface area contributed by atoms with Gasteiger partial charge in [-0.25, -0.2) is 4.39 Å². The summed E-state index contributed by atoms with van der Waals surface area (Å²) in [7, 11) is 0. The lowest BCUT2D eigenvalue weighted by molar-refractivity contribution is 0.627. The average Bonchev–Trinajstić information content (AvgIpc) is 2.29.